The van der Waals surface area contributed by atoms with Gasteiger partial charge in [-0.2, -0.15) is 0 Å². The molecule has 0 aliphatic rings. The molecule has 0 heterocycles. The fourth-order valence-electron chi connectivity index (χ4n) is 1.16. The van der Waals surface area contributed by atoms with Crippen LogP contribution in [0.25, 0.3) is 0 Å². The zero-order chi connectivity index (χ0) is 12.4. The third kappa shape index (κ3) is 6.38. The van der Waals surface area contributed by atoms with Crippen molar-refractivity contribution in [3.63, 3.8) is 0 Å². The summed E-state index contributed by atoms with van der Waals surface area (Å²) in [5.74, 6) is 0. The second kappa shape index (κ2) is 9.97. The third-order valence-corrected chi connectivity index (χ3v) is 2.83. The first-order valence-electron chi connectivity index (χ1n) is 5.50. The maximum Gasteiger partial charge on any atom is 0.0409 e. The number of benzene rings is 1. The quantitative estimate of drug-likeness (QED) is 0.801. The van der Waals surface area contributed by atoms with Crippen LogP contribution in [0.2, 0.25) is 5.02 Å². The van der Waals surface area contributed by atoms with Gasteiger partial charge in [-0.1, -0.05) is 32.4 Å². The zero-order valence-electron chi connectivity index (χ0n) is 10.1. The monoisotopic (exact) mass is 261 g/mol. The maximum atomic E-state index is 8.81. The number of rotatable bonds is 4. The molecule has 2 N–H and O–H groups in total. The first kappa shape index (κ1) is 15.8. The van der Waals surface area contributed by atoms with Gasteiger partial charge in [0.05, 0.1) is 0 Å². The lowest BCUT2D eigenvalue weighted by molar-refractivity contribution is 0.662. The van der Waals surface area contributed by atoms with Crippen molar-refractivity contribution in [2.75, 3.05) is 13.1 Å². The molecule has 0 saturated carbocycles. The highest BCUT2D eigenvalue weighted by Crippen LogP contribution is 2.23. The van der Waals surface area contributed by atoms with Crippen LogP contribution in [0.1, 0.15) is 26.3 Å². The van der Waals surface area contributed by atoms with Crippen molar-refractivity contribution in [3.05, 3.63) is 28.8 Å². The molecule has 1 aromatic carbocycles. The summed E-state index contributed by atoms with van der Waals surface area (Å²) in [5, 5.41) is 3.83. The molecule has 4 heteroatoms. The van der Waals surface area contributed by atoms with Gasteiger partial charge in [-0.3, -0.25) is 0 Å². The molecule has 0 spiro atoms. The van der Waals surface area contributed by atoms with E-state index in [0.717, 1.165) is 47.0 Å². The first-order chi connectivity index (χ1) is 7.69. The second-order valence-electron chi connectivity index (χ2n) is 3.15. The number of hydrogen-bond donors (Lipinski definition) is 2. The molecular formula is C12H20ClNOS. The Kier molecular flexibility index (Phi) is 9.83. The van der Waals surface area contributed by atoms with E-state index >= 15 is 0 Å². The fraction of sp³-hybridized carbons (Fsp3) is 0.500. The largest absolute Gasteiger partial charge is 0.325 e. The lowest BCUT2D eigenvalue weighted by Crippen LogP contribution is -2.09. The minimum absolute atomic E-state index is 0.722. The molecule has 1 aromatic rings. The van der Waals surface area contributed by atoms with Crippen molar-refractivity contribution >= 4 is 23.6 Å². The van der Waals surface area contributed by atoms with Gasteiger partial charge in [-0.25, -0.2) is 0 Å². The highest BCUT2D eigenvalue weighted by atomic mass is 35.5. The Labute approximate surface area is 108 Å². The van der Waals surface area contributed by atoms with Crippen molar-refractivity contribution in [2.45, 2.75) is 32.1 Å². The molecule has 16 heavy (non-hydrogen) atoms. The smallest absolute Gasteiger partial charge is 0.0409 e. The predicted molar refractivity (Wildman–Crippen MR) is 73.5 cm³/mol. The van der Waals surface area contributed by atoms with Crippen LogP contribution in [0, 0.1) is 0 Å². The van der Waals surface area contributed by atoms with Crippen LogP contribution >= 0.6 is 23.6 Å². The van der Waals surface area contributed by atoms with E-state index < -0.39 is 0 Å². The molecule has 0 radical (unpaired) electrons. The van der Waals surface area contributed by atoms with E-state index in [1.807, 2.05) is 19.1 Å². The molecule has 0 atom stereocenters. The van der Waals surface area contributed by atoms with Gasteiger partial charge >= 0.3 is 0 Å². The van der Waals surface area contributed by atoms with E-state index in [0.29, 0.717) is 0 Å². The van der Waals surface area contributed by atoms with Gasteiger partial charge in [0.2, 0.25) is 0 Å². The predicted octanol–water partition coefficient (Wildman–Crippen LogP) is 4.08. The molecule has 1 rings (SSSR count). The molecular weight excluding hydrogens is 242 g/mol. The molecule has 0 bridgehead atoms. The van der Waals surface area contributed by atoms with Gasteiger partial charge in [0.15, 0.2) is 0 Å². The minimum atomic E-state index is 0.722. The van der Waals surface area contributed by atoms with Crippen LogP contribution in [0.4, 0.5) is 0 Å². The number of hydrogen-bond acceptors (Lipinski definition) is 3. The summed E-state index contributed by atoms with van der Waals surface area (Å²) >= 11 is 6.53. The van der Waals surface area contributed by atoms with Crippen LogP contribution in [-0.4, -0.2) is 17.6 Å². The Morgan fingerprint density at radius 1 is 1.25 bits per heavy atom. The molecule has 0 aliphatic heterocycles. The van der Waals surface area contributed by atoms with Crippen molar-refractivity contribution in [1.29, 1.82) is 0 Å². The van der Waals surface area contributed by atoms with Gasteiger partial charge in [0.25, 0.3) is 0 Å². The average molecular weight is 262 g/mol. The molecule has 0 amide bonds. The van der Waals surface area contributed by atoms with E-state index in [2.05, 4.69) is 19.2 Å². The molecule has 0 aliphatic carbocycles. The lowest BCUT2D eigenvalue weighted by atomic mass is 10.2. The summed E-state index contributed by atoms with van der Waals surface area (Å²) in [6.45, 7) is 8.42. The summed E-state index contributed by atoms with van der Waals surface area (Å²) in [7, 11) is 0. The normalized spacial score (nSPS) is 9.56. The Morgan fingerprint density at radius 2 is 1.88 bits per heavy atom. The van der Waals surface area contributed by atoms with Gasteiger partial charge in [-0.05, 0) is 43.3 Å². The standard InChI is InChI=1S/C8H9ClOS.C4H11N/c1-2-6-5-7(9)3-4-8(6)11-10;1-3-5-4-2/h3-5,10H,2H2,1H3;5H,3-4H2,1-2H3. The van der Waals surface area contributed by atoms with Crippen LogP contribution in [0.3, 0.4) is 0 Å². The van der Waals surface area contributed by atoms with Crippen molar-refractivity contribution < 1.29 is 4.55 Å². The molecule has 0 aromatic heterocycles. The van der Waals surface area contributed by atoms with E-state index in [1.54, 1.807) is 6.07 Å². The van der Waals surface area contributed by atoms with Gasteiger partial charge in [-0.15, -0.1) is 0 Å². The van der Waals surface area contributed by atoms with Crippen LogP contribution in [0.15, 0.2) is 23.1 Å². The fourth-order valence-corrected chi connectivity index (χ4v) is 1.81. The highest BCUT2D eigenvalue weighted by molar-refractivity contribution is 7.93. The Hall–Kier alpha value is -0.220. The number of halogens is 1. The topological polar surface area (TPSA) is 32.3 Å². The molecule has 2 nitrogen and oxygen atoms in total. The van der Waals surface area contributed by atoms with E-state index in [-0.39, 0.29) is 0 Å². The average Bonchev–Trinajstić information content (AvgIpc) is 2.31. The third-order valence-electron chi connectivity index (χ3n) is 2.00. The van der Waals surface area contributed by atoms with Crippen LogP contribution in [-0.2, 0) is 6.42 Å². The highest BCUT2D eigenvalue weighted by Gasteiger charge is 2.00. The van der Waals surface area contributed by atoms with E-state index in [4.69, 9.17) is 16.2 Å². The summed E-state index contributed by atoms with van der Waals surface area (Å²) < 4.78 is 8.81. The summed E-state index contributed by atoms with van der Waals surface area (Å²) in [6.07, 6.45) is 0.892. The Bertz CT molecular complexity index is 292. The molecule has 92 valence electrons. The summed E-state index contributed by atoms with van der Waals surface area (Å²) in [5.41, 5.74) is 1.09. The molecule has 0 unspecified atom stereocenters. The summed E-state index contributed by atoms with van der Waals surface area (Å²) in [6, 6.07) is 5.48. The minimum Gasteiger partial charge on any atom is -0.325 e. The van der Waals surface area contributed by atoms with E-state index in [9.17, 15) is 0 Å². The van der Waals surface area contributed by atoms with Crippen LogP contribution in [0.5, 0.6) is 0 Å². The molecule has 0 fully saturated rings. The van der Waals surface area contributed by atoms with Gasteiger partial charge in [0.1, 0.15) is 0 Å². The number of aryl methyl sites for hydroxylation is 1. The zero-order valence-corrected chi connectivity index (χ0v) is 11.7. The maximum absolute atomic E-state index is 8.81. The number of nitrogens with one attached hydrogen (secondary N) is 1. The molecule has 0 saturated heterocycles. The Morgan fingerprint density at radius 3 is 2.25 bits per heavy atom. The summed E-state index contributed by atoms with van der Waals surface area (Å²) in [4.78, 5) is 0.886. The lowest BCUT2D eigenvalue weighted by Gasteiger charge is -2.02. The Balaban J connectivity index is 0.000000385. The second-order valence-corrected chi connectivity index (χ2v) is 4.21. The van der Waals surface area contributed by atoms with E-state index in [1.165, 1.54) is 0 Å². The van der Waals surface area contributed by atoms with Crippen LogP contribution < -0.4 is 5.32 Å². The van der Waals surface area contributed by atoms with Gasteiger partial charge in [0, 0.05) is 22.0 Å². The van der Waals surface area contributed by atoms with Crippen molar-refractivity contribution in [2.24, 2.45) is 0 Å². The van der Waals surface area contributed by atoms with Gasteiger partial charge < -0.3 is 9.87 Å². The van der Waals surface area contributed by atoms with Crippen molar-refractivity contribution in [3.8, 4) is 0 Å². The van der Waals surface area contributed by atoms with Crippen molar-refractivity contribution in [1.82, 2.24) is 5.32 Å². The SMILES string of the molecule is CCNCC.CCc1cc(Cl)ccc1SO. The first-order valence-corrected chi connectivity index (χ1v) is 6.65.